The third kappa shape index (κ3) is 1.79. The monoisotopic (exact) mass is 409 g/mol. The molecule has 1 aromatic carbocycles. The molecule has 6 heteroatoms. The fraction of sp³-hybridized carbons (Fsp3) is 0.100. The van der Waals surface area contributed by atoms with Gasteiger partial charge in [-0.1, -0.05) is 23.2 Å². The molecule has 0 saturated carbocycles. The van der Waals surface area contributed by atoms with Gasteiger partial charge in [-0.3, -0.25) is 9.97 Å². The molecular formula is C10H6IrN3OS-. The third-order valence-electron chi connectivity index (χ3n) is 2.03. The molecule has 16 heavy (non-hydrogen) atoms. The van der Waals surface area contributed by atoms with Crippen LogP contribution in [0.3, 0.4) is 0 Å². The van der Waals surface area contributed by atoms with Gasteiger partial charge in [-0.05, 0) is 0 Å². The van der Waals surface area contributed by atoms with Crippen LogP contribution in [0.5, 0.6) is 0 Å². The maximum absolute atomic E-state index is 5.43. The van der Waals surface area contributed by atoms with Crippen LogP contribution in [0.15, 0.2) is 22.9 Å². The van der Waals surface area contributed by atoms with E-state index in [0.717, 1.165) is 21.7 Å². The molecule has 0 saturated heterocycles. The average Bonchev–Trinajstić information content (AvgIpc) is 2.82. The summed E-state index contributed by atoms with van der Waals surface area (Å²) in [5.74, 6) is 0.648. The minimum Gasteiger partial charge on any atom is -0.461 e. The van der Waals surface area contributed by atoms with E-state index < -0.39 is 0 Å². The van der Waals surface area contributed by atoms with E-state index in [0.29, 0.717) is 5.89 Å². The van der Waals surface area contributed by atoms with Gasteiger partial charge in [-0.25, -0.2) is 0 Å². The Morgan fingerprint density at radius 3 is 3.06 bits per heavy atom. The van der Waals surface area contributed by atoms with E-state index in [9.17, 15) is 0 Å². The van der Waals surface area contributed by atoms with Crippen LogP contribution in [0.2, 0.25) is 0 Å². The van der Waals surface area contributed by atoms with Crippen LogP contribution < -0.4 is 0 Å². The van der Waals surface area contributed by atoms with Crippen molar-refractivity contribution in [1.82, 2.24) is 14.3 Å². The van der Waals surface area contributed by atoms with E-state index in [1.165, 1.54) is 17.9 Å². The molecule has 83 valence electrons. The second-order valence-corrected chi connectivity index (χ2v) is 3.82. The second-order valence-electron chi connectivity index (χ2n) is 3.04. The Balaban J connectivity index is 0.000000963. The van der Waals surface area contributed by atoms with Crippen LogP contribution in [0.4, 0.5) is 0 Å². The van der Waals surface area contributed by atoms with Crippen LogP contribution in [0.1, 0.15) is 5.89 Å². The first-order valence-corrected chi connectivity index (χ1v) is 5.17. The molecule has 0 fully saturated rings. The predicted molar refractivity (Wildman–Crippen MR) is 56.5 cm³/mol. The summed E-state index contributed by atoms with van der Waals surface area (Å²) in [4.78, 5) is 8.45. The molecule has 3 aromatic rings. The van der Waals surface area contributed by atoms with Crippen LogP contribution in [0, 0.1) is 13.0 Å². The smallest absolute Gasteiger partial charge is 0.180 e. The third-order valence-corrected chi connectivity index (χ3v) is 2.72. The Morgan fingerprint density at radius 2 is 2.31 bits per heavy atom. The molecule has 4 nitrogen and oxygen atoms in total. The molecule has 1 radical (unpaired) electrons. The molecule has 0 N–H and O–H groups in total. The molecule has 0 atom stereocenters. The van der Waals surface area contributed by atoms with Crippen molar-refractivity contribution in [2.24, 2.45) is 0 Å². The minimum atomic E-state index is 0. The van der Waals surface area contributed by atoms with Gasteiger partial charge < -0.3 is 4.42 Å². The number of fused-ring (bicyclic) bond motifs is 1. The number of benzene rings is 1. The summed E-state index contributed by atoms with van der Waals surface area (Å²) in [5.41, 5.74) is 2.41. The summed E-state index contributed by atoms with van der Waals surface area (Å²) < 4.78 is 9.40. The maximum Gasteiger partial charge on any atom is 0.180 e. The molecule has 3 rings (SSSR count). The molecule has 0 aliphatic rings. The Bertz CT molecular complexity index is 606. The van der Waals surface area contributed by atoms with Crippen LogP contribution in [0.25, 0.3) is 21.7 Å². The second kappa shape index (κ2) is 4.41. The molecule has 0 spiro atoms. The van der Waals surface area contributed by atoms with Gasteiger partial charge in [0.2, 0.25) is 0 Å². The van der Waals surface area contributed by atoms with Gasteiger partial charge in [0.1, 0.15) is 6.33 Å². The number of hydrogen-bond donors (Lipinski definition) is 0. The molecule has 0 aliphatic heterocycles. The van der Waals surface area contributed by atoms with Crippen molar-refractivity contribution in [3.05, 3.63) is 30.4 Å². The Kier molecular flexibility index (Phi) is 3.14. The van der Waals surface area contributed by atoms with Crippen LogP contribution >= 0.6 is 11.5 Å². The Morgan fingerprint density at radius 1 is 1.44 bits per heavy atom. The number of nitrogens with zero attached hydrogens (tertiary/aromatic N) is 3. The van der Waals surface area contributed by atoms with Crippen LogP contribution in [-0.2, 0) is 20.1 Å². The zero-order valence-corrected chi connectivity index (χ0v) is 11.4. The molecule has 0 unspecified atom stereocenters. The summed E-state index contributed by atoms with van der Waals surface area (Å²) in [6.07, 6.45) is 1.53. The van der Waals surface area contributed by atoms with E-state index in [-0.39, 0.29) is 20.1 Å². The van der Waals surface area contributed by atoms with E-state index in [2.05, 4.69) is 20.4 Å². The largest absolute Gasteiger partial charge is 0.461 e. The summed E-state index contributed by atoms with van der Waals surface area (Å²) in [7, 11) is 0. The zero-order chi connectivity index (χ0) is 10.3. The fourth-order valence-electron chi connectivity index (χ4n) is 1.45. The van der Waals surface area contributed by atoms with Crippen molar-refractivity contribution in [3.8, 4) is 10.6 Å². The fourth-order valence-corrected chi connectivity index (χ4v) is 1.99. The predicted octanol–water partition coefficient (Wildman–Crippen LogP) is 2.45. The Hall–Kier alpha value is -1.10. The molecule has 0 amide bonds. The first kappa shape index (κ1) is 11.4. The molecule has 2 aromatic heterocycles. The number of aryl methyl sites for hydroxylation is 1. The van der Waals surface area contributed by atoms with Gasteiger partial charge >= 0.3 is 0 Å². The van der Waals surface area contributed by atoms with E-state index >= 15 is 0 Å². The van der Waals surface area contributed by atoms with Gasteiger partial charge in [0.15, 0.2) is 5.89 Å². The number of aromatic nitrogens is 3. The number of rotatable bonds is 1. The van der Waals surface area contributed by atoms with Gasteiger partial charge in [0.25, 0.3) is 0 Å². The van der Waals surface area contributed by atoms with Gasteiger partial charge in [0.05, 0.1) is 10.6 Å². The SMILES string of the molecule is Cc1nc2c(-c3ncns3)[c-]ccc2o1.[Ir]. The topological polar surface area (TPSA) is 51.8 Å². The summed E-state index contributed by atoms with van der Waals surface area (Å²) >= 11 is 1.33. The normalized spacial score (nSPS) is 10.3. The number of hydrogen-bond acceptors (Lipinski definition) is 5. The molecule has 2 heterocycles. The average molecular weight is 408 g/mol. The van der Waals surface area contributed by atoms with Gasteiger partial charge in [-0.15, -0.1) is 12.1 Å². The first-order valence-electron chi connectivity index (χ1n) is 4.39. The maximum atomic E-state index is 5.43. The van der Waals surface area contributed by atoms with Gasteiger partial charge in [0, 0.05) is 32.5 Å². The van der Waals surface area contributed by atoms with Crippen molar-refractivity contribution >= 4 is 22.6 Å². The van der Waals surface area contributed by atoms with Crippen molar-refractivity contribution < 1.29 is 24.5 Å². The molecular weight excluding hydrogens is 402 g/mol. The first-order chi connectivity index (χ1) is 7.34. The quantitative estimate of drug-likeness (QED) is 0.581. The van der Waals surface area contributed by atoms with Crippen molar-refractivity contribution in [2.75, 3.05) is 0 Å². The zero-order valence-electron chi connectivity index (χ0n) is 8.22. The van der Waals surface area contributed by atoms with Crippen molar-refractivity contribution in [1.29, 1.82) is 0 Å². The standard InChI is InChI=1S/C10H6N3OS.Ir/c1-6-13-9-7(10-11-5-12-15-10)3-2-4-8(9)14-6;/h2,4-5H,1H3;/q-1;. The summed E-state index contributed by atoms with van der Waals surface area (Å²) in [5, 5.41) is 0.814. The summed E-state index contributed by atoms with van der Waals surface area (Å²) in [6, 6.07) is 6.77. The van der Waals surface area contributed by atoms with Crippen molar-refractivity contribution in [2.45, 2.75) is 6.92 Å². The van der Waals surface area contributed by atoms with E-state index in [4.69, 9.17) is 4.42 Å². The van der Waals surface area contributed by atoms with Crippen LogP contribution in [-0.4, -0.2) is 14.3 Å². The Labute approximate surface area is 109 Å². The van der Waals surface area contributed by atoms with Crippen molar-refractivity contribution in [3.63, 3.8) is 0 Å². The molecule has 0 bridgehead atoms. The van der Waals surface area contributed by atoms with E-state index in [1.807, 2.05) is 19.1 Å². The minimum absolute atomic E-state index is 0. The number of oxazole rings is 1. The van der Waals surface area contributed by atoms with Gasteiger partial charge in [-0.2, -0.15) is 4.37 Å². The molecule has 0 aliphatic carbocycles. The van der Waals surface area contributed by atoms with E-state index in [1.54, 1.807) is 0 Å². The summed E-state index contributed by atoms with van der Waals surface area (Å²) in [6.45, 7) is 1.82.